The summed E-state index contributed by atoms with van der Waals surface area (Å²) in [6.45, 7) is 2.86. The molecule has 6 nitrogen and oxygen atoms in total. The van der Waals surface area contributed by atoms with E-state index < -0.39 is 11.9 Å². The second kappa shape index (κ2) is 9.11. The Bertz CT molecular complexity index is 1010. The van der Waals surface area contributed by atoms with Crippen LogP contribution >= 0.6 is 11.3 Å². The Labute approximate surface area is 179 Å². The van der Waals surface area contributed by atoms with E-state index in [4.69, 9.17) is 10.5 Å². The van der Waals surface area contributed by atoms with E-state index >= 15 is 0 Å². The molecule has 1 saturated heterocycles. The molecule has 1 fully saturated rings. The van der Waals surface area contributed by atoms with Gasteiger partial charge >= 0.3 is 0 Å². The maximum absolute atomic E-state index is 13.1. The molecule has 7 heteroatoms. The molecule has 0 bridgehead atoms. The molecular formula is C23H23N3O3S. The number of morpholine rings is 1. The van der Waals surface area contributed by atoms with Crippen molar-refractivity contribution in [2.24, 2.45) is 5.73 Å². The SMILES string of the molecule is NC(=O)[C@H](NC(=O)c1cc(-c2ccccc2)c(N2CCOCC2)s1)c1ccccc1. The molecule has 1 aliphatic rings. The maximum Gasteiger partial charge on any atom is 0.262 e. The zero-order valence-corrected chi connectivity index (χ0v) is 17.2. The Morgan fingerprint density at radius 2 is 1.63 bits per heavy atom. The number of carbonyl (C=O) groups is 2. The lowest BCUT2D eigenvalue weighted by Gasteiger charge is -2.28. The largest absolute Gasteiger partial charge is 0.378 e. The number of benzene rings is 2. The number of primary amides is 1. The third-order valence-corrected chi connectivity index (χ3v) is 6.21. The molecule has 0 radical (unpaired) electrons. The van der Waals surface area contributed by atoms with Crippen molar-refractivity contribution >= 4 is 28.2 Å². The van der Waals surface area contributed by atoms with Crippen LogP contribution in [0.2, 0.25) is 0 Å². The first-order valence-corrected chi connectivity index (χ1v) is 10.6. The van der Waals surface area contributed by atoms with Crippen LogP contribution in [0.4, 0.5) is 5.00 Å². The fourth-order valence-corrected chi connectivity index (χ4v) is 4.62. The third kappa shape index (κ3) is 4.37. The summed E-state index contributed by atoms with van der Waals surface area (Å²) >= 11 is 1.42. The normalized spacial score (nSPS) is 14.9. The first kappa shape index (κ1) is 20.1. The average Bonchev–Trinajstić information content (AvgIpc) is 3.24. The van der Waals surface area contributed by atoms with Gasteiger partial charge in [0.05, 0.1) is 23.1 Å². The van der Waals surface area contributed by atoms with Crippen molar-refractivity contribution in [1.82, 2.24) is 5.32 Å². The van der Waals surface area contributed by atoms with Crippen LogP contribution in [0, 0.1) is 0 Å². The zero-order valence-electron chi connectivity index (χ0n) is 16.4. The van der Waals surface area contributed by atoms with Crippen LogP contribution in [0.25, 0.3) is 11.1 Å². The number of hydrogen-bond donors (Lipinski definition) is 2. The highest BCUT2D eigenvalue weighted by Gasteiger charge is 2.25. The van der Waals surface area contributed by atoms with Gasteiger partial charge in [-0.1, -0.05) is 60.7 Å². The lowest BCUT2D eigenvalue weighted by molar-refractivity contribution is -0.120. The van der Waals surface area contributed by atoms with Crippen molar-refractivity contribution in [3.05, 3.63) is 77.2 Å². The maximum atomic E-state index is 13.1. The minimum atomic E-state index is -0.882. The van der Waals surface area contributed by atoms with Crippen LogP contribution in [0.5, 0.6) is 0 Å². The molecule has 1 aliphatic heterocycles. The average molecular weight is 422 g/mol. The van der Waals surface area contributed by atoms with Gasteiger partial charge in [-0.3, -0.25) is 9.59 Å². The van der Waals surface area contributed by atoms with Gasteiger partial charge in [-0.05, 0) is 17.2 Å². The molecule has 1 atom stereocenters. The number of ether oxygens (including phenoxy) is 1. The number of nitrogens with one attached hydrogen (secondary N) is 1. The Morgan fingerprint density at radius 3 is 2.27 bits per heavy atom. The Balaban J connectivity index is 1.65. The summed E-state index contributed by atoms with van der Waals surface area (Å²) in [4.78, 5) is 27.8. The zero-order chi connectivity index (χ0) is 20.9. The first-order valence-electron chi connectivity index (χ1n) is 9.80. The number of anilines is 1. The summed E-state index contributed by atoms with van der Waals surface area (Å²) in [6.07, 6.45) is 0. The molecule has 0 saturated carbocycles. The minimum absolute atomic E-state index is 0.315. The number of nitrogens with two attached hydrogens (primary N) is 1. The highest BCUT2D eigenvalue weighted by atomic mass is 32.1. The Kier molecular flexibility index (Phi) is 6.11. The van der Waals surface area contributed by atoms with Gasteiger partial charge in [0, 0.05) is 18.7 Å². The van der Waals surface area contributed by atoms with E-state index in [0.29, 0.717) is 23.7 Å². The van der Waals surface area contributed by atoms with Gasteiger partial charge in [0.2, 0.25) is 5.91 Å². The number of carbonyl (C=O) groups excluding carboxylic acids is 2. The smallest absolute Gasteiger partial charge is 0.262 e. The van der Waals surface area contributed by atoms with E-state index in [9.17, 15) is 9.59 Å². The number of nitrogens with zero attached hydrogens (tertiary/aromatic N) is 1. The topological polar surface area (TPSA) is 84.7 Å². The molecule has 3 N–H and O–H groups in total. The predicted molar refractivity (Wildman–Crippen MR) is 119 cm³/mol. The number of amides is 2. The number of hydrogen-bond acceptors (Lipinski definition) is 5. The highest BCUT2D eigenvalue weighted by Crippen LogP contribution is 2.39. The van der Waals surface area contributed by atoms with Gasteiger partial charge in [0.25, 0.3) is 5.91 Å². The van der Waals surface area contributed by atoms with Crippen molar-refractivity contribution in [2.75, 3.05) is 31.2 Å². The molecule has 0 unspecified atom stereocenters. The van der Waals surface area contributed by atoms with Crippen LogP contribution in [0.15, 0.2) is 66.7 Å². The van der Waals surface area contributed by atoms with Crippen LogP contribution in [-0.2, 0) is 9.53 Å². The van der Waals surface area contributed by atoms with E-state index in [1.165, 1.54) is 11.3 Å². The van der Waals surface area contributed by atoms with Gasteiger partial charge in [0.1, 0.15) is 6.04 Å². The molecule has 2 aromatic carbocycles. The van der Waals surface area contributed by atoms with Crippen molar-refractivity contribution < 1.29 is 14.3 Å². The second-order valence-electron chi connectivity index (χ2n) is 7.01. The second-order valence-corrected chi connectivity index (χ2v) is 8.05. The minimum Gasteiger partial charge on any atom is -0.378 e. The van der Waals surface area contributed by atoms with Gasteiger partial charge in [-0.2, -0.15) is 0 Å². The van der Waals surface area contributed by atoms with Gasteiger partial charge in [0.15, 0.2) is 0 Å². The van der Waals surface area contributed by atoms with E-state index in [1.54, 1.807) is 12.1 Å². The summed E-state index contributed by atoms with van der Waals surface area (Å²) < 4.78 is 5.48. The molecule has 0 spiro atoms. The first-order chi connectivity index (χ1) is 14.6. The molecule has 2 amide bonds. The summed E-state index contributed by atoms with van der Waals surface area (Å²) in [7, 11) is 0. The summed E-state index contributed by atoms with van der Waals surface area (Å²) in [6, 6.07) is 20.0. The van der Waals surface area contributed by atoms with Crippen molar-refractivity contribution in [3.8, 4) is 11.1 Å². The monoisotopic (exact) mass is 421 g/mol. The summed E-state index contributed by atoms with van der Waals surface area (Å²) in [5, 5.41) is 3.83. The van der Waals surface area contributed by atoms with Crippen LogP contribution in [-0.4, -0.2) is 38.1 Å². The summed E-state index contributed by atoms with van der Waals surface area (Å²) in [5.74, 6) is -0.910. The van der Waals surface area contributed by atoms with E-state index in [2.05, 4.69) is 10.2 Å². The van der Waals surface area contributed by atoms with E-state index in [0.717, 1.165) is 29.2 Å². The quantitative estimate of drug-likeness (QED) is 0.640. The molecule has 3 aromatic rings. The highest BCUT2D eigenvalue weighted by molar-refractivity contribution is 7.18. The van der Waals surface area contributed by atoms with Crippen LogP contribution in [0.1, 0.15) is 21.3 Å². The lowest BCUT2D eigenvalue weighted by Crippen LogP contribution is -2.37. The number of thiophene rings is 1. The van der Waals surface area contributed by atoms with E-state index in [1.807, 2.05) is 54.6 Å². The molecule has 154 valence electrons. The predicted octanol–water partition coefficient (Wildman–Crippen LogP) is 3.21. The molecule has 30 heavy (non-hydrogen) atoms. The molecule has 0 aliphatic carbocycles. The van der Waals surface area contributed by atoms with Crippen LogP contribution < -0.4 is 16.0 Å². The number of rotatable bonds is 6. The van der Waals surface area contributed by atoms with Gasteiger partial charge in [-0.25, -0.2) is 0 Å². The van der Waals surface area contributed by atoms with Gasteiger partial charge in [-0.15, -0.1) is 11.3 Å². The van der Waals surface area contributed by atoms with Crippen molar-refractivity contribution in [3.63, 3.8) is 0 Å². The van der Waals surface area contributed by atoms with Gasteiger partial charge < -0.3 is 20.7 Å². The summed E-state index contributed by atoms with van der Waals surface area (Å²) in [5.41, 5.74) is 8.27. The molecule has 1 aromatic heterocycles. The lowest BCUT2D eigenvalue weighted by atomic mass is 10.1. The molecule has 4 rings (SSSR count). The van der Waals surface area contributed by atoms with Crippen LogP contribution in [0.3, 0.4) is 0 Å². The fraction of sp³-hybridized carbons (Fsp3) is 0.217. The third-order valence-electron chi connectivity index (χ3n) is 5.01. The Morgan fingerprint density at radius 1 is 1.00 bits per heavy atom. The van der Waals surface area contributed by atoms with Crippen molar-refractivity contribution in [2.45, 2.75) is 6.04 Å². The fourth-order valence-electron chi connectivity index (χ4n) is 3.49. The standard InChI is InChI=1S/C23H23N3O3S/c24-21(27)20(17-9-5-2-6-10-17)25-22(28)19-15-18(16-7-3-1-4-8-16)23(30-19)26-11-13-29-14-12-26/h1-10,15,20H,11-14H2,(H2,24,27)(H,25,28)/t20-/m1/s1. The Hall–Kier alpha value is -3.16. The molecular weight excluding hydrogens is 398 g/mol. The van der Waals surface area contributed by atoms with E-state index in [-0.39, 0.29) is 5.91 Å². The van der Waals surface area contributed by atoms with Crippen molar-refractivity contribution in [1.29, 1.82) is 0 Å². The molecule has 2 heterocycles.